The summed E-state index contributed by atoms with van der Waals surface area (Å²) in [6, 6.07) is 14.5. The average Bonchev–Trinajstić information content (AvgIpc) is 3.40. The second-order valence-corrected chi connectivity index (χ2v) is 9.63. The topological polar surface area (TPSA) is 94.3 Å². The Morgan fingerprint density at radius 3 is 2.65 bits per heavy atom. The standard InChI is InChI=1S/C21H18FN3O4S2/c1-13-19(31(26,27)23-12-14-6-8-17(28-2)9-7-14)11-18(30-13)21-24-20(25-29-21)15-4-3-5-16(22)10-15/h3-11,23H,12H2,1-2H3. The van der Waals surface area contributed by atoms with Gasteiger partial charge >= 0.3 is 0 Å². The third-order valence-electron chi connectivity index (χ3n) is 4.51. The molecule has 0 bridgehead atoms. The third kappa shape index (κ3) is 4.66. The van der Waals surface area contributed by atoms with E-state index >= 15 is 0 Å². The zero-order valence-corrected chi connectivity index (χ0v) is 18.3. The van der Waals surface area contributed by atoms with Crippen LogP contribution in [0, 0.1) is 12.7 Å². The fourth-order valence-corrected chi connectivity index (χ4v) is 5.43. The normalized spacial score (nSPS) is 11.6. The minimum atomic E-state index is -3.75. The first-order valence-corrected chi connectivity index (χ1v) is 11.5. The minimum absolute atomic E-state index is 0.140. The SMILES string of the molecule is COc1ccc(CNS(=O)(=O)c2cc(-c3nc(-c4cccc(F)c4)no3)sc2C)cc1. The Bertz CT molecular complexity index is 1310. The summed E-state index contributed by atoms with van der Waals surface area (Å²) in [7, 11) is -2.18. The van der Waals surface area contributed by atoms with Gasteiger partial charge in [-0.1, -0.05) is 29.4 Å². The van der Waals surface area contributed by atoms with Crippen molar-refractivity contribution >= 4 is 21.4 Å². The molecule has 0 aliphatic carbocycles. The molecule has 7 nitrogen and oxygen atoms in total. The minimum Gasteiger partial charge on any atom is -0.497 e. The Balaban J connectivity index is 1.54. The first-order chi connectivity index (χ1) is 14.9. The van der Waals surface area contributed by atoms with Crippen molar-refractivity contribution in [1.29, 1.82) is 0 Å². The van der Waals surface area contributed by atoms with E-state index in [1.54, 1.807) is 50.4 Å². The maximum absolute atomic E-state index is 13.4. The van der Waals surface area contributed by atoms with E-state index in [4.69, 9.17) is 9.26 Å². The third-order valence-corrected chi connectivity index (χ3v) is 7.20. The van der Waals surface area contributed by atoms with E-state index in [2.05, 4.69) is 14.9 Å². The molecule has 160 valence electrons. The highest BCUT2D eigenvalue weighted by Gasteiger charge is 2.23. The molecule has 2 aromatic heterocycles. The van der Waals surface area contributed by atoms with Crippen molar-refractivity contribution in [3.63, 3.8) is 0 Å². The lowest BCUT2D eigenvalue weighted by atomic mass is 10.2. The molecule has 0 amide bonds. The number of aromatic nitrogens is 2. The lowest BCUT2D eigenvalue weighted by molar-refractivity contribution is 0.414. The molecule has 0 unspecified atom stereocenters. The van der Waals surface area contributed by atoms with Gasteiger partial charge in [-0.15, -0.1) is 11.3 Å². The van der Waals surface area contributed by atoms with Gasteiger partial charge in [0.1, 0.15) is 11.6 Å². The van der Waals surface area contributed by atoms with Crippen molar-refractivity contribution in [3.8, 4) is 27.9 Å². The number of nitrogens with zero attached hydrogens (tertiary/aromatic N) is 2. The molecule has 2 heterocycles. The molecule has 10 heteroatoms. The summed E-state index contributed by atoms with van der Waals surface area (Å²) in [5.41, 5.74) is 1.27. The number of halogens is 1. The summed E-state index contributed by atoms with van der Waals surface area (Å²) in [5.74, 6) is 0.681. The number of sulfonamides is 1. The quantitative estimate of drug-likeness (QED) is 0.440. The molecule has 1 N–H and O–H groups in total. The summed E-state index contributed by atoms with van der Waals surface area (Å²) >= 11 is 1.23. The van der Waals surface area contributed by atoms with E-state index in [0.29, 0.717) is 21.1 Å². The van der Waals surface area contributed by atoms with Gasteiger partial charge in [-0.3, -0.25) is 0 Å². The molecule has 2 aromatic carbocycles. The van der Waals surface area contributed by atoms with Crippen LogP contribution in [0.4, 0.5) is 4.39 Å². The molecule has 0 radical (unpaired) electrons. The Morgan fingerprint density at radius 1 is 1.16 bits per heavy atom. The van der Waals surface area contributed by atoms with Crippen molar-refractivity contribution in [1.82, 2.24) is 14.9 Å². The number of benzene rings is 2. The number of ether oxygens (including phenoxy) is 1. The van der Waals surface area contributed by atoms with E-state index in [0.717, 1.165) is 5.56 Å². The van der Waals surface area contributed by atoms with Gasteiger partial charge in [-0.05, 0) is 42.8 Å². The zero-order chi connectivity index (χ0) is 22.0. The highest BCUT2D eigenvalue weighted by atomic mass is 32.2. The van der Waals surface area contributed by atoms with E-state index in [1.807, 2.05) is 0 Å². The Kier molecular flexibility index (Phi) is 5.86. The van der Waals surface area contributed by atoms with Crippen LogP contribution in [-0.2, 0) is 16.6 Å². The molecule has 31 heavy (non-hydrogen) atoms. The van der Waals surface area contributed by atoms with Crippen LogP contribution in [0.1, 0.15) is 10.4 Å². The van der Waals surface area contributed by atoms with Gasteiger partial charge in [0.15, 0.2) is 0 Å². The number of methoxy groups -OCH3 is 1. The number of hydrogen-bond donors (Lipinski definition) is 1. The second kappa shape index (κ2) is 8.58. The number of thiophene rings is 1. The number of rotatable bonds is 7. The van der Waals surface area contributed by atoms with Crippen molar-refractivity contribution in [2.45, 2.75) is 18.4 Å². The molecule has 0 fully saturated rings. The fraction of sp³-hybridized carbons (Fsp3) is 0.143. The van der Waals surface area contributed by atoms with Gasteiger partial charge in [0.2, 0.25) is 15.8 Å². The van der Waals surface area contributed by atoms with Crippen molar-refractivity contribution in [3.05, 3.63) is 70.9 Å². The zero-order valence-electron chi connectivity index (χ0n) is 16.6. The Hall–Kier alpha value is -3.08. The summed E-state index contributed by atoms with van der Waals surface area (Å²) < 4.78 is 52.1. The largest absolute Gasteiger partial charge is 0.497 e. The lowest BCUT2D eigenvalue weighted by Crippen LogP contribution is -2.23. The van der Waals surface area contributed by atoms with Crippen LogP contribution in [0.25, 0.3) is 22.2 Å². The number of aryl methyl sites for hydroxylation is 1. The molecule has 0 atom stereocenters. The monoisotopic (exact) mass is 459 g/mol. The Labute approximate surface area is 182 Å². The van der Waals surface area contributed by atoms with Crippen LogP contribution < -0.4 is 9.46 Å². The smallest absolute Gasteiger partial charge is 0.268 e. The maximum atomic E-state index is 13.4. The van der Waals surface area contributed by atoms with Crippen LogP contribution in [0.2, 0.25) is 0 Å². The van der Waals surface area contributed by atoms with Crippen LogP contribution in [0.3, 0.4) is 0 Å². The highest BCUT2D eigenvalue weighted by molar-refractivity contribution is 7.89. The number of hydrogen-bond acceptors (Lipinski definition) is 7. The predicted molar refractivity (Wildman–Crippen MR) is 115 cm³/mol. The second-order valence-electron chi connectivity index (χ2n) is 6.64. The molecule has 0 saturated heterocycles. The van der Waals surface area contributed by atoms with Crippen molar-refractivity contribution in [2.24, 2.45) is 0 Å². The molecule has 0 spiro atoms. The summed E-state index contributed by atoms with van der Waals surface area (Å²) in [6.07, 6.45) is 0. The predicted octanol–water partition coefficient (Wildman–Crippen LogP) is 4.40. The molecule has 4 rings (SSSR count). The molecule has 0 aliphatic rings. The van der Waals surface area contributed by atoms with Crippen LogP contribution in [-0.4, -0.2) is 25.7 Å². The van der Waals surface area contributed by atoms with Crippen LogP contribution >= 0.6 is 11.3 Å². The molecular formula is C21H18FN3O4S2. The average molecular weight is 460 g/mol. The van der Waals surface area contributed by atoms with Crippen molar-refractivity contribution in [2.75, 3.05) is 7.11 Å². The van der Waals surface area contributed by atoms with E-state index < -0.39 is 15.8 Å². The fourth-order valence-electron chi connectivity index (χ4n) is 2.91. The van der Waals surface area contributed by atoms with E-state index in [9.17, 15) is 12.8 Å². The van der Waals surface area contributed by atoms with E-state index in [1.165, 1.54) is 29.5 Å². The summed E-state index contributed by atoms with van der Waals surface area (Å²) in [4.78, 5) is 5.52. The van der Waals surface area contributed by atoms with Gasteiger partial charge in [0.05, 0.1) is 16.9 Å². The van der Waals surface area contributed by atoms with Crippen LogP contribution in [0.15, 0.2) is 64.0 Å². The molecule has 0 aliphatic heterocycles. The van der Waals surface area contributed by atoms with Gasteiger partial charge in [0, 0.05) is 17.0 Å². The molecular weight excluding hydrogens is 441 g/mol. The van der Waals surface area contributed by atoms with E-state index in [-0.39, 0.29) is 23.2 Å². The number of nitrogens with one attached hydrogen (secondary N) is 1. The van der Waals surface area contributed by atoms with Gasteiger partial charge in [0.25, 0.3) is 5.89 Å². The van der Waals surface area contributed by atoms with Crippen LogP contribution in [0.5, 0.6) is 5.75 Å². The van der Waals surface area contributed by atoms with Crippen molar-refractivity contribution < 1.29 is 22.1 Å². The summed E-state index contributed by atoms with van der Waals surface area (Å²) in [6.45, 7) is 1.85. The van der Waals surface area contributed by atoms with Gasteiger partial charge < -0.3 is 9.26 Å². The highest BCUT2D eigenvalue weighted by Crippen LogP contribution is 2.33. The van der Waals surface area contributed by atoms with Gasteiger partial charge in [-0.25, -0.2) is 17.5 Å². The maximum Gasteiger partial charge on any atom is 0.268 e. The first kappa shape index (κ1) is 21.2. The first-order valence-electron chi connectivity index (χ1n) is 9.19. The summed E-state index contributed by atoms with van der Waals surface area (Å²) in [5, 5.41) is 3.87. The molecule has 4 aromatic rings. The van der Waals surface area contributed by atoms with Gasteiger partial charge in [-0.2, -0.15) is 4.98 Å². The molecule has 0 saturated carbocycles. The Morgan fingerprint density at radius 2 is 1.94 bits per heavy atom. The lowest BCUT2D eigenvalue weighted by Gasteiger charge is -2.07.